The third-order valence-corrected chi connectivity index (χ3v) is 4.61. The van der Waals surface area contributed by atoms with Crippen molar-refractivity contribution < 1.29 is 18.7 Å². The van der Waals surface area contributed by atoms with Gasteiger partial charge in [0.1, 0.15) is 13.2 Å². The van der Waals surface area contributed by atoms with E-state index in [2.05, 4.69) is 10.3 Å². The Labute approximate surface area is 169 Å². The van der Waals surface area contributed by atoms with Crippen LogP contribution in [0.15, 0.2) is 59.1 Å². The quantitative estimate of drug-likeness (QED) is 0.661. The molecule has 0 bridgehead atoms. The third-order valence-electron chi connectivity index (χ3n) is 4.61. The van der Waals surface area contributed by atoms with Crippen LogP contribution in [0.2, 0.25) is 0 Å². The SMILES string of the molecule is CCN(CC(=O)Nc1ccc2c(c1)OCCO2)Cc1ncc(-c2ccccc2)o1. The molecule has 0 saturated heterocycles. The van der Waals surface area contributed by atoms with Crippen molar-refractivity contribution in [2.45, 2.75) is 13.5 Å². The molecule has 3 aromatic rings. The minimum absolute atomic E-state index is 0.113. The fourth-order valence-electron chi connectivity index (χ4n) is 3.11. The van der Waals surface area contributed by atoms with Gasteiger partial charge in [-0.25, -0.2) is 4.98 Å². The molecule has 2 heterocycles. The smallest absolute Gasteiger partial charge is 0.238 e. The molecule has 0 fully saturated rings. The monoisotopic (exact) mass is 393 g/mol. The first-order valence-electron chi connectivity index (χ1n) is 9.63. The topological polar surface area (TPSA) is 76.8 Å². The van der Waals surface area contributed by atoms with Crippen molar-refractivity contribution >= 4 is 11.6 Å². The number of hydrogen-bond acceptors (Lipinski definition) is 6. The van der Waals surface area contributed by atoms with Gasteiger partial charge < -0.3 is 19.2 Å². The predicted molar refractivity (Wildman–Crippen MR) is 109 cm³/mol. The van der Waals surface area contributed by atoms with Crippen LogP contribution in [0.25, 0.3) is 11.3 Å². The van der Waals surface area contributed by atoms with Gasteiger partial charge in [0.25, 0.3) is 0 Å². The highest BCUT2D eigenvalue weighted by Crippen LogP contribution is 2.32. The first kappa shape index (κ1) is 19.0. The second kappa shape index (κ2) is 8.79. The summed E-state index contributed by atoms with van der Waals surface area (Å²) in [4.78, 5) is 18.8. The number of rotatable bonds is 7. The maximum Gasteiger partial charge on any atom is 0.238 e. The van der Waals surface area contributed by atoms with E-state index in [-0.39, 0.29) is 12.5 Å². The van der Waals surface area contributed by atoms with Crippen LogP contribution in [0.1, 0.15) is 12.8 Å². The number of benzene rings is 2. The average molecular weight is 393 g/mol. The summed E-state index contributed by atoms with van der Waals surface area (Å²) >= 11 is 0. The number of fused-ring (bicyclic) bond motifs is 1. The zero-order valence-corrected chi connectivity index (χ0v) is 16.3. The molecule has 1 aliphatic rings. The van der Waals surface area contributed by atoms with E-state index >= 15 is 0 Å². The maximum atomic E-state index is 12.5. The molecule has 150 valence electrons. The molecule has 0 atom stereocenters. The molecule has 1 aliphatic heterocycles. The van der Waals surface area contributed by atoms with Crippen molar-refractivity contribution in [2.24, 2.45) is 0 Å². The van der Waals surface area contributed by atoms with E-state index in [1.165, 1.54) is 0 Å². The zero-order chi connectivity index (χ0) is 20.1. The van der Waals surface area contributed by atoms with Gasteiger partial charge in [0.2, 0.25) is 11.8 Å². The Morgan fingerprint density at radius 1 is 1.10 bits per heavy atom. The lowest BCUT2D eigenvalue weighted by Gasteiger charge is -2.20. The van der Waals surface area contributed by atoms with Crippen molar-refractivity contribution in [3.05, 3.63) is 60.6 Å². The van der Waals surface area contributed by atoms with Crippen LogP contribution in [0.4, 0.5) is 5.69 Å². The average Bonchev–Trinajstić information content (AvgIpc) is 3.22. The Morgan fingerprint density at radius 2 is 1.90 bits per heavy atom. The van der Waals surface area contributed by atoms with E-state index in [4.69, 9.17) is 13.9 Å². The number of carbonyl (C=O) groups is 1. The number of aromatic nitrogens is 1. The fourth-order valence-corrected chi connectivity index (χ4v) is 3.11. The first-order chi connectivity index (χ1) is 14.2. The van der Waals surface area contributed by atoms with Gasteiger partial charge in [-0.2, -0.15) is 0 Å². The fraction of sp³-hybridized carbons (Fsp3) is 0.273. The minimum atomic E-state index is -0.113. The van der Waals surface area contributed by atoms with Gasteiger partial charge in [-0.1, -0.05) is 37.3 Å². The van der Waals surface area contributed by atoms with Crippen LogP contribution >= 0.6 is 0 Å². The Morgan fingerprint density at radius 3 is 2.69 bits per heavy atom. The van der Waals surface area contributed by atoms with E-state index in [1.54, 1.807) is 18.3 Å². The Kier molecular flexibility index (Phi) is 5.76. The van der Waals surface area contributed by atoms with Crippen molar-refractivity contribution in [1.29, 1.82) is 0 Å². The lowest BCUT2D eigenvalue weighted by atomic mass is 10.2. The molecule has 0 saturated carbocycles. The number of likely N-dealkylation sites (N-methyl/N-ethyl adjacent to an activating group) is 1. The van der Waals surface area contributed by atoms with Crippen LogP contribution < -0.4 is 14.8 Å². The van der Waals surface area contributed by atoms with E-state index < -0.39 is 0 Å². The number of ether oxygens (including phenoxy) is 2. The zero-order valence-electron chi connectivity index (χ0n) is 16.3. The molecule has 1 aromatic heterocycles. The summed E-state index contributed by atoms with van der Waals surface area (Å²) in [5.41, 5.74) is 1.66. The predicted octanol–water partition coefficient (Wildman–Crippen LogP) is 3.57. The van der Waals surface area contributed by atoms with E-state index in [0.29, 0.717) is 49.4 Å². The molecule has 2 aromatic carbocycles. The molecule has 1 N–H and O–H groups in total. The summed E-state index contributed by atoms with van der Waals surface area (Å²) in [5.74, 6) is 2.53. The number of anilines is 1. The maximum absolute atomic E-state index is 12.5. The standard InChI is InChI=1S/C22H23N3O4/c1-2-25(15-22-23-13-20(29-22)16-6-4-3-5-7-16)14-21(26)24-17-8-9-18-19(12-17)28-11-10-27-18/h3-9,12-13H,2,10-11,14-15H2,1H3,(H,24,26). The van der Waals surface area contributed by atoms with Crippen LogP contribution in [0, 0.1) is 0 Å². The largest absolute Gasteiger partial charge is 0.486 e. The molecule has 0 spiro atoms. The van der Waals surface area contributed by atoms with Crippen LogP contribution in [0.5, 0.6) is 11.5 Å². The van der Waals surface area contributed by atoms with Crippen LogP contribution in [-0.2, 0) is 11.3 Å². The summed E-state index contributed by atoms with van der Waals surface area (Å²) in [7, 11) is 0. The molecule has 0 unspecified atom stereocenters. The molecule has 7 nitrogen and oxygen atoms in total. The highest BCUT2D eigenvalue weighted by atomic mass is 16.6. The Bertz CT molecular complexity index is 971. The molecular formula is C22H23N3O4. The lowest BCUT2D eigenvalue weighted by Crippen LogP contribution is -2.32. The van der Waals surface area contributed by atoms with Gasteiger partial charge >= 0.3 is 0 Å². The molecular weight excluding hydrogens is 370 g/mol. The minimum Gasteiger partial charge on any atom is -0.486 e. The number of oxazole rings is 1. The van der Waals surface area contributed by atoms with Gasteiger partial charge in [-0.3, -0.25) is 9.69 Å². The summed E-state index contributed by atoms with van der Waals surface area (Å²) in [6.45, 7) is 4.42. The summed E-state index contributed by atoms with van der Waals surface area (Å²) < 4.78 is 16.9. The van der Waals surface area contributed by atoms with E-state index in [9.17, 15) is 4.79 Å². The number of nitrogens with one attached hydrogen (secondary N) is 1. The number of amides is 1. The lowest BCUT2D eigenvalue weighted by molar-refractivity contribution is -0.117. The van der Waals surface area contributed by atoms with Crippen molar-refractivity contribution in [2.75, 3.05) is 31.6 Å². The Hall–Kier alpha value is -3.32. The van der Waals surface area contributed by atoms with Gasteiger partial charge in [0.05, 0.1) is 19.3 Å². The van der Waals surface area contributed by atoms with E-state index in [1.807, 2.05) is 48.2 Å². The highest BCUT2D eigenvalue weighted by Gasteiger charge is 2.16. The highest BCUT2D eigenvalue weighted by molar-refractivity contribution is 5.92. The summed E-state index contributed by atoms with van der Waals surface area (Å²) in [6, 6.07) is 15.2. The number of hydrogen-bond donors (Lipinski definition) is 1. The van der Waals surface area contributed by atoms with Crippen LogP contribution in [-0.4, -0.2) is 42.1 Å². The normalized spacial score (nSPS) is 12.8. The molecule has 7 heteroatoms. The van der Waals surface area contributed by atoms with E-state index in [0.717, 1.165) is 11.3 Å². The molecule has 0 radical (unpaired) electrons. The second-order valence-corrected chi connectivity index (χ2v) is 6.69. The van der Waals surface area contributed by atoms with Gasteiger partial charge in [0.15, 0.2) is 17.3 Å². The van der Waals surface area contributed by atoms with Crippen molar-refractivity contribution in [1.82, 2.24) is 9.88 Å². The third kappa shape index (κ3) is 4.75. The second-order valence-electron chi connectivity index (χ2n) is 6.69. The molecule has 29 heavy (non-hydrogen) atoms. The first-order valence-corrected chi connectivity index (χ1v) is 9.63. The van der Waals surface area contributed by atoms with Gasteiger partial charge in [-0.15, -0.1) is 0 Å². The summed E-state index contributed by atoms with van der Waals surface area (Å²) in [6.07, 6.45) is 1.72. The van der Waals surface area contributed by atoms with Gasteiger partial charge in [-0.05, 0) is 18.7 Å². The number of carbonyl (C=O) groups excluding carboxylic acids is 1. The molecule has 1 amide bonds. The van der Waals surface area contributed by atoms with Crippen LogP contribution in [0.3, 0.4) is 0 Å². The molecule has 4 rings (SSSR count). The number of nitrogens with zero attached hydrogens (tertiary/aromatic N) is 2. The van der Waals surface area contributed by atoms with Gasteiger partial charge in [0, 0.05) is 17.3 Å². The molecule has 0 aliphatic carbocycles. The Balaban J connectivity index is 1.35. The van der Waals surface area contributed by atoms with Crippen molar-refractivity contribution in [3.8, 4) is 22.8 Å². The van der Waals surface area contributed by atoms with Crippen molar-refractivity contribution in [3.63, 3.8) is 0 Å². The summed E-state index contributed by atoms with van der Waals surface area (Å²) in [5, 5.41) is 2.91.